The molecular weight excluding hydrogens is 386 g/mol. The Bertz CT molecular complexity index is 986. The summed E-state index contributed by atoms with van der Waals surface area (Å²) < 4.78 is 5.63. The summed E-state index contributed by atoms with van der Waals surface area (Å²) in [5.74, 6) is -0.0446. The normalized spacial score (nSPS) is 26.8. The lowest BCUT2D eigenvalue weighted by Gasteiger charge is -2.42. The molecule has 1 amide bonds. The molecule has 1 spiro atoms. The fraction of sp³-hybridized carbons (Fsp3) is 0.375. The quantitative estimate of drug-likeness (QED) is 0.707. The van der Waals surface area contributed by atoms with Crippen molar-refractivity contribution in [3.8, 4) is 11.1 Å². The molecule has 1 saturated carbocycles. The molecule has 5 heteroatoms. The Balaban J connectivity index is 1.74. The molecule has 1 aliphatic carbocycles. The van der Waals surface area contributed by atoms with Crippen LogP contribution in [-0.2, 0) is 9.53 Å². The molecule has 0 atom stereocenters. The van der Waals surface area contributed by atoms with Crippen LogP contribution in [0.3, 0.4) is 0 Å². The molecule has 2 aromatic carbocycles. The summed E-state index contributed by atoms with van der Waals surface area (Å²) in [5.41, 5.74) is 3.21. The Hall–Kier alpha value is -2.30. The number of carbonyl (C=O) groups is 1. The van der Waals surface area contributed by atoms with Gasteiger partial charge in [-0.2, -0.15) is 0 Å². The van der Waals surface area contributed by atoms with E-state index in [-0.39, 0.29) is 17.3 Å². The zero-order valence-electron chi connectivity index (χ0n) is 17.0. The lowest BCUT2D eigenvalue weighted by molar-refractivity contribution is -0.117. The summed E-state index contributed by atoms with van der Waals surface area (Å²) >= 11 is 6.01. The molecule has 2 aromatic rings. The summed E-state index contributed by atoms with van der Waals surface area (Å²) in [6.45, 7) is 4.04. The van der Waals surface area contributed by atoms with Crippen molar-refractivity contribution in [2.45, 2.75) is 50.7 Å². The van der Waals surface area contributed by atoms with Gasteiger partial charge in [0.25, 0.3) is 5.91 Å². The third-order valence-corrected chi connectivity index (χ3v) is 6.86. The Kier molecular flexibility index (Phi) is 4.96. The number of hydrogen-bond acceptors (Lipinski definition) is 3. The van der Waals surface area contributed by atoms with Crippen LogP contribution in [0, 0.1) is 6.92 Å². The second kappa shape index (κ2) is 7.19. The van der Waals surface area contributed by atoms with Crippen LogP contribution in [-0.4, -0.2) is 29.3 Å². The van der Waals surface area contributed by atoms with Crippen molar-refractivity contribution in [2.75, 3.05) is 7.11 Å². The molecule has 0 unspecified atom stereocenters. The van der Waals surface area contributed by atoms with E-state index in [2.05, 4.69) is 12.2 Å². The topological polar surface area (TPSA) is 58.6 Å². The Morgan fingerprint density at radius 2 is 1.66 bits per heavy atom. The van der Waals surface area contributed by atoms with Crippen molar-refractivity contribution in [2.24, 2.45) is 0 Å². The van der Waals surface area contributed by atoms with E-state index in [1.165, 1.54) is 0 Å². The number of methoxy groups -OCH3 is 1. The van der Waals surface area contributed by atoms with Crippen molar-refractivity contribution in [1.82, 2.24) is 5.32 Å². The van der Waals surface area contributed by atoms with Crippen LogP contribution >= 0.6 is 11.6 Å². The molecule has 0 saturated heterocycles. The van der Waals surface area contributed by atoms with Gasteiger partial charge in [0.1, 0.15) is 5.76 Å². The number of carbonyl (C=O) groups excluding carboxylic acids is 1. The highest BCUT2D eigenvalue weighted by atomic mass is 35.5. The summed E-state index contributed by atoms with van der Waals surface area (Å²) in [7, 11) is 1.72. The van der Waals surface area contributed by atoms with Gasteiger partial charge in [-0.15, -0.1) is 0 Å². The predicted octanol–water partition coefficient (Wildman–Crippen LogP) is 5.43. The van der Waals surface area contributed by atoms with E-state index in [1.807, 2.05) is 49.4 Å². The standard InChI is InChI=1S/C24H26ClNO3/c1-15-4-5-17(16-6-8-18(25)9-7-16)14-19(15)20-21(27)24(26-22(20)28)12-10-23(2,29-3)11-13-24/h4-9,14,27H,10-13H2,1-3H3,(H,26,28). The van der Waals surface area contributed by atoms with Crippen LogP contribution in [0.2, 0.25) is 5.02 Å². The molecule has 0 aromatic heterocycles. The summed E-state index contributed by atoms with van der Waals surface area (Å²) in [6, 6.07) is 13.6. The molecule has 1 fully saturated rings. The van der Waals surface area contributed by atoms with Crippen LogP contribution < -0.4 is 5.32 Å². The Morgan fingerprint density at radius 3 is 2.28 bits per heavy atom. The zero-order valence-corrected chi connectivity index (χ0v) is 17.8. The molecule has 2 aliphatic rings. The number of halogens is 1. The lowest BCUT2D eigenvalue weighted by Crippen LogP contribution is -2.51. The van der Waals surface area contributed by atoms with Gasteiger partial charge < -0.3 is 15.2 Å². The number of benzene rings is 2. The maximum atomic E-state index is 13.0. The van der Waals surface area contributed by atoms with Crippen LogP contribution in [0.5, 0.6) is 0 Å². The van der Waals surface area contributed by atoms with E-state index in [9.17, 15) is 9.90 Å². The van der Waals surface area contributed by atoms with E-state index in [4.69, 9.17) is 16.3 Å². The zero-order chi connectivity index (χ0) is 20.8. The van der Waals surface area contributed by atoms with Gasteiger partial charge in [-0.25, -0.2) is 0 Å². The van der Waals surface area contributed by atoms with Gasteiger partial charge in [0, 0.05) is 12.1 Å². The number of ether oxygens (including phenoxy) is 1. The summed E-state index contributed by atoms with van der Waals surface area (Å²) in [4.78, 5) is 13.0. The molecule has 4 nitrogen and oxygen atoms in total. The van der Waals surface area contributed by atoms with Crippen molar-refractivity contribution < 1.29 is 14.6 Å². The molecule has 4 rings (SSSR count). The van der Waals surface area contributed by atoms with E-state index in [0.29, 0.717) is 23.4 Å². The highest BCUT2D eigenvalue weighted by Gasteiger charge is 2.50. The number of hydrogen-bond donors (Lipinski definition) is 2. The van der Waals surface area contributed by atoms with E-state index in [0.717, 1.165) is 35.1 Å². The lowest BCUT2D eigenvalue weighted by atomic mass is 9.74. The average molecular weight is 412 g/mol. The maximum absolute atomic E-state index is 13.0. The fourth-order valence-corrected chi connectivity index (χ4v) is 4.55. The molecule has 1 heterocycles. The van der Waals surface area contributed by atoms with Gasteiger partial charge >= 0.3 is 0 Å². The van der Waals surface area contributed by atoms with Gasteiger partial charge in [-0.3, -0.25) is 4.79 Å². The van der Waals surface area contributed by atoms with Gasteiger partial charge in [0.15, 0.2) is 0 Å². The van der Waals surface area contributed by atoms with Crippen molar-refractivity contribution in [1.29, 1.82) is 0 Å². The number of aliphatic hydroxyl groups excluding tert-OH is 1. The number of rotatable bonds is 3. The van der Waals surface area contributed by atoms with Crippen LogP contribution in [0.15, 0.2) is 48.2 Å². The first kappa shape index (κ1) is 20.0. The van der Waals surface area contributed by atoms with Crippen molar-refractivity contribution >= 4 is 23.1 Å². The van der Waals surface area contributed by atoms with E-state index in [1.54, 1.807) is 7.11 Å². The molecule has 0 bridgehead atoms. The molecule has 29 heavy (non-hydrogen) atoms. The number of aliphatic hydroxyl groups is 1. The minimum Gasteiger partial charge on any atom is -0.509 e. The fourth-order valence-electron chi connectivity index (χ4n) is 4.42. The Morgan fingerprint density at radius 1 is 1.03 bits per heavy atom. The second-order valence-electron chi connectivity index (χ2n) is 8.45. The second-order valence-corrected chi connectivity index (χ2v) is 8.89. The van der Waals surface area contributed by atoms with Gasteiger partial charge in [-0.05, 0) is 80.0 Å². The van der Waals surface area contributed by atoms with E-state index >= 15 is 0 Å². The number of nitrogens with one attached hydrogen (secondary N) is 1. The van der Waals surface area contributed by atoms with Gasteiger partial charge in [0.2, 0.25) is 0 Å². The van der Waals surface area contributed by atoms with Crippen molar-refractivity contribution in [3.63, 3.8) is 0 Å². The molecule has 1 aliphatic heterocycles. The minimum atomic E-state index is -0.687. The number of amides is 1. The molecule has 0 radical (unpaired) electrons. The first-order chi connectivity index (χ1) is 13.8. The van der Waals surface area contributed by atoms with Crippen molar-refractivity contribution in [3.05, 3.63) is 64.4 Å². The average Bonchev–Trinajstić information content (AvgIpc) is 2.95. The Labute approximate surface area is 176 Å². The van der Waals surface area contributed by atoms with Crippen LogP contribution in [0.1, 0.15) is 43.7 Å². The smallest absolute Gasteiger partial charge is 0.256 e. The monoisotopic (exact) mass is 411 g/mol. The molecule has 152 valence electrons. The number of aryl methyl sites for hydroxylation is 1. The summed E-state index contributed by atoms with van der Waals surface area (Å²) in [5, 5.41) is 15.0. The maximum Gasteiger partial charge on any atom is 0.256 e. The first-order valence-corrected chi connectivity index (χ1v) is 10.3. The van der Waals surface area contributed by atoms with Crippen LogP contribution in [0.25, 0.3) is 16.7 Å². The van der Waals surface area contributed by atoms with E-state index < -0.39 is 5.54 Å². The SMILES string of the molecule is COC1(C)CCC2(CC1)NC(=O)C(c1cc(-c3ccc(Cl)cc3)ccc1C)=C2O. The van der Waals surface area contributed by atoms with Gasteiger partial charge in [0.05, 0.1) is 16.7 Å². The largest absolute Gasteiger partial charge is 0.509 e. The third kappa shape index (κ3) is 3.45. The predicted molar refractivity (Wildman–Crippen MR) is 116 cm³/mol. The first-order valence-electron chi connectivity index (χ1n) is 9.95. The highest BCUT2D eigenvalue weighted by Crippen LogP contribution is 2.45. The molecular formula is C24H26ClNO3. The highest BCUT2D eigenvalue weighted by molar-refractivity contribution is 6.30. The third-order valence-electron chi connectivity index (χ3n) is 6.61. The van der Waals surface area contributed by atoms with Gasteiger partial charge in [-0.1, -0.05) is 35.9 Å². The van der Waals surface area contributed by atoms with Crippen LogP contribution in [0.4, 0.5) is 0 Å². The summed E-state index contributed by atoms with van der Waals surface area (Å²) in [6.07, 6.45) is 2.89. The molecule has 2 N–H and O–H groups in total. The minimum absolute atomic E-state index is 0.164.